The van der Waals surface area contributed by atoms with Crippen LogP contribution in [0.4, 0.5) is 0 Å². The fourth-order valence-corrected chi connectivity index (χ4v) is 3.35. The lowest BCUT2D eigenvalue weighted by atomic mass is 10.1. The Balaban J connectivity index is 1.66. The molecular weight excluding hydrogens is 318 g/mol. The zero-order valence-corrected chi connectivity index (χ0v) is 14.5. The monoisotopic (exact) mass is 341 g/mol. The molecule has 0 N–H and O–H groups in total. The standard InChI is InChI=1S/C18H23N5O2/c1-21-12-15(11-20-21)17-6-2-8-22(17)14-18(24)23(9-4-7-19)13-16-5-3-10-25-16/h3,5,10-12,17H,2,4,6,8-9,13-14H2,1H3/t17-/m0/s1. The van der Waals surface area contributed by atoms with Gasteiger partial charge in [-0.2, -0.15) is 10.4 Å². The third-order valence-corrected chi connectivity index (χ3v) is 4.58. The Bertz CT molecular complexity index is 731. The number of aryl methyl sites for hydroxylation is 1. The maximum Gasteiger partial charge on any atom is 0.237 e. The molecule has 1 atom stereocenters. The van der Waals surface area contributed by atoms with Gasteiger partial charge in [-0.05, 0) is 31.5 Å². The van der Waals surface area contributed by atoms with Crippen LogP contribution < -0.4 is 0 Å². The molecule has 0 bridgehead atoms. The van der Waals surface area contributed by atoms with Gasteiger partial charge in [-0.15, -0.1) is 0 Å². The van der Waals surface area contributed by atoms with Gasteiger partial charge in [0.2, 0.25) is 5.91 Å². The van der Waals surface area contributed by atoms with E-state index in [0.29, 0.717) is 26.1 Å². The normalized spacial score (nSPS) is 17.5. The van der Waals surface area contributed by atoms with E-state index in [0.717, 1.165) is 30.7 Å². The molecule has 0 unspecified atom stereocenters. The number of hydrogen-bond acceptors (Lipinski definition) is 5. The number of rotatable bonds is 7. The van der Waals surface area contributed by atoms with Crippen molar-refractivity contribution in [2.24, 2.45) is 7.05 Å². The Labute approximate surface area is 147 Å². The lowest BCUT2D eigenvalue weighted by molar-refractivity contribution is -0.133. The first-order valence-corrected chi connectivity index (χ1v) is 8.57. The molecule has 1 saturated heterocycles. The Morgan fingerprint density at radius 3 is 3.12 bits per heavy atom. The molecule has 0 spiro atoms. The van der Waals surface area contributed by atoms with Gasteiger partial charge in [0.1, 0.15) is 5.76 Å². The number of carbonyl (C=O) groups excluding carboxylic acids is 1. The SMILES string of the molecule is Cn1cc([C@@H]2CCCN2CC(=O)N(CCC#N)Cc2ccco2)cn1. The summed E-state index contributed by atoms with van der Waals surface area (Å²) in [6.07, 6.45) is 7.92. The van der Waals surface area contributed by atoms with Crippen molar-refractivity contribution in [2.45, 2.75) is 31.8 Å². The minimum atomic E-state index is 0.0300. The van der Waals surface area contributed by atoms with Crippen LogP contribution in [0.1, 0.15) is 36.6 Å². The highest BCUT2D eigenvalue weighted by molar-refractivity contribution is 5.78. The fraction of sp³-hybridized carbons (Fsp3) is 0.500. The second kappa shape index (κ2) is 7.99. The highest BCUT2D eigenvalue weighted by Gasteiger charge is 2.30. The average Bonchev–Trinajstić information content (AvgIpc) is 3.33. The maximum absolute atomic E-state index is 12.8. The minimum Gasteiger partial charge on any atom is -0.467 e. The van der Waals surface area contributed by atoms with Crippen LogP contribution in [0.15, 0.2) is 35.2 Å². The van der Waals surface area contributed by atoms with Crippen LogP contribution >= 0.6 is 0 Å². The zero-order valence-electron chi connectivity index (χ0n) is 14.5. The topological polar surface area (TPSA) is 78.3 Å². The van der Waals surface area contributed by atoms with Crippen LogP contribution in [-0.4, -0.2) is 45.1 Å². The summed E-state index contributed by atoms with van der Waals surface area (Å²) in [7, 11) is 1.90. The van der Waals surface area contributed by atoms with E-state index in [4.69, 9.17) is 9.68 Å². The number of carbonyl (C=O) groups is 1. The third kappa shape index (κ3) is 4.28. The van der Waals surface area contributed by atoms with Crippen LogP contribution in [0.5, 0.6) is 0 Å². The van der Waals surface area contributed by atoms with Crippen LogP contribution in [0.25, 0.3) is 0 Å². The van der Waals surface area contributed by atoms with E-state index in [9.17, 15) is 4.79 Å². The molecule has 132 valence electrons. The second-order valence-corrected chi connectivity index (χ2v) is 6.38. The largest absolute Gasteiger partial charge is 0.467 e. The van der Waals surface area contributed by atoms with Gasteiger partial charge in [0.15, 0.2) is 0 Å². The molecule has 7 heteroatoms. The van der Waals surface area contributed by atoms with Crippen LogP contribution in [0.2, 0.25) is 0 Å². The van der Waals surface area contributed by atoms with Crippen molar-refractivity contribution in [3.05, 3.63) is 42.1 Å². The molecule has 2 aromatic rings. The first-order chi connectivity index (χ1) is 12.2. The number of nitrogens with zero attached hydrogens (tertiary/aromatic N) is 5. The summed E-state index contributed by atoms with van der Waals surface area (Å²) >= 11 is 0. The predicted octanol–water partition coefficient (Wildman–Crippen LogP) is 2.09. The van der Waals surface area contributed by atoms with Crippen molar-refractivity contribution in [3.8, 4) is 6.07 Å². The molecule has 2 aromatic heterocycles. The van der Waals surface area contributed by atoms with Gasteiger partial charge < -0.3 is 9.32 Å². The molecule has 25 heavy (non-hydrogen) atoms. The van der Waals surface area contributed by atoms with Gasteiger partial charge >= 0.3 is 0 Å². The number of likely N-dealkylation sites (tertiary alicyclic amines) is 1. The molecule has 0 saturated carbocycles. The number of nitriles is 1. The van der Waals surface area contributed by atoms with Crippen molar-refractivity contribution in [1.82, 2.24) is 19.6 Å². The van der Waals surface area contributed by atoms with Gasteiger partial charge in [0.25, 0.3) is 0 Å². The summed E-state index contributed by atoms with van der Waals surface area (Å²) in [6.45, 7) is 2.07. The molecule has 0 radical (unpaired) electrons. The summed E-state index contributed by atoms with van der Waals surface area (Å²) in [5.41, 5.74) is 1.16. The van der Waals surface area contributed by atoms with E-state index in [-0.39, 0.29) is 11.9 Å². The molecule has 1 aliphatic rings. The maximum atomic E-state index is 12.8. The third-order valence-electron chi connectivity index (χ3n) is 4.58. The lowest BCUT2D eigenvalue weighted by Crippen LogP contribution is -2.40. The highest BCUT2D eigenvalue weighted by atomic mass is 16.3. The molecule has 3 rings (SSSR count). The molecule has 3 heterocycles. The van der Waals surface area contributed by atoms with Crippen LogP contribution in [0, 0.1) is 11.3 Å². The smallest absolute Gasteiger partial charge is 0.237 e. The van der Waals surface area contributed by atoms with E-state index >= 15 is 0 Å². The van der Waals surface area contributed by atoms with Gasteiger partial charge in [0, 0.05) is 31.4 Å². The summed E-state index contributed by atoms with van der Waals surface area (Å²) in [4.78, 5) is 16.7. The molecule has 1 amide bonds. The Hall–Kier alpha value is -2.59. The Morgan fingerprint density at radius 2 is 2.44 bits per heavy atom. The van der Waals surface area contributed by atoms with Crippen LogP contribution in [-0.2, 0) is 18.4 Å². The van der Waals surface area contributed by atoms with Gasteiger partial charge in [-0.25, -0.2) is 0 Å². The number of amides is 1. The summed E-state index contributed by atoms with van der Waals surface area (Å²) < 4.78 is 7.15. The number of furan rings is 1. The molecule has 0 aliphatic carbocycles. The zero-order chi connectivity index (χ0) is 17.6. The van der Waals surface area contributed by atoms with Crippen molar-refractivity contribution in [3.63, 3.8) is 0 Å². The van der Waals surface area contributed by atoms with E-state index in [1.165, 1.54) is 0 Å². The Kier molecular flexibility index (Phi) is 5.51. The first kappa shape index (κ1) is 17.2. The van der Waals surface area contributed by atoms with E-state index < -0.39 is 0 Å². The summed E-state index contributed by atoms with van der Waals surface area (Å²) in [5, 5.41) is 13.1. The minimum absolute atomic E-state index is 0.0300. The van der Waals surface area contributed by atoms with E-state index in [1.54, 1.807) is 21.9 Å². The lowest BCUT2D eigenvalue weighted by Gasteiger charge is -2.27. The van der Waals surface area contributed by atoms with Crippen molar-refractivity contribution < 1.29 is 9.21 Å². The highest BCUT2D eigenvalue weighted by Crippen LogP contribution is 2.31. The summed E-state index contributed by atoms with van der Waals surface area (Å²) in [6, 6.07) is 6.00. The molecule has 0 aromatic carbocycles. The number of aromatic nitrogens is 2. The van der Waals surface area contributed by atoms with Gasteiger partial charge in [-0.3, -0.25) is 14.4 Å². The quantitative estimate of drug-likeness (QED) is 0.770. The second-order valence-electron chi connectivity index (χ2n) is 6.38. The van der Waals surface area contributed by atoms with E-state index in [2.05, 4.69) is 16.1 Å². The fourth-order valence-electron chi connectivity index (χ4n) is 3.35. The average molecular weight is 341 g/mol. The summed E-state index contributed by atoms with van der Waals surface area (Å²) in [5.74, 6) is 0.763. The van der Waals surface area contributed by atoms with Crippen molar-refractivity contribution >= 4 is 5.91 Å². The molecule has 1 aliphatic heterocycles. The van der Waals surface area contributed by atoms with Crippen molar-refractivity contribution in [1.29, 1.82) is 5.26 Å². The number of hydrogen-bond donors (Lipinski definition) is 0. The molecule has 1 fully saturated rings. The molecule has 7 nitrogen and oxygen atoms in total. The van der Waals surface area contributed by atoms with Crippen molar-refractivity contribution in [2.75, 3.05) is 19.6 Å². The predicted molar refractivity (Wildman–Crippen MR) is 91.1 cm³/mol. The first-order valence-electron chi connectivity index (χ1n) is 8.57. The van der Waals surface area contributed by atoms with Gasteiger partial charge in [0.05, 0.1) is 38.0 Å². The van der Waals surface area contributed by atoms with Crippen LogP contribution in [0.3, 0.4) is 0 Å². The van der Waals surface area contributed by atoms with Gasteiger partial charge in [-0.1, -0.05) is 0 Å². The van der Waals surface area contributed by atoms with E-state index in [1.807, 2.05) is 25.5 Å². The molecular formula is C18H23N5O2. The Morgan fingerprint density at radius 1 is 1.56 bits per heavy atom.